The van der Waals surface area contributed by atoms with Crippen molar-refractivity contribution in [1.82, 2.24) is 0 Å². The lowest BCUT2D eigenvalue weighted by molar-refractivity contribution is 0.767. The number of hydrogen-bond acceptors (Lipinski definition) is 4. The summed E-state index contributed by atoms with van der Waals surface area (Å²) in [6, 6.07) is 24.9. The number of nitrogens with zero attached hydrogens (tertiary/aromatic N) is 4. The quantitative estimate of drug-likeness (QED) is 0.258. The number of nitriles is 2. The van der Waals surface area contributed by atoms with Crippen LogP contribution in [0.5, 0.6) is 0 Å². The maximum absolute atomic E-state index is 9.78. The third kappa shape index (κ3) is 7.60. The SMILES string of the molecule is CCCCN(C)c1ccc(/C=C/c2cc(C#N)c(/C=C/c3ccc(N(C)CCC)cc3)cc2C#N)cc1. The third-order valence-electron chi connectivity index (χ3n) is 6.45. The first-order valence-electron chi connectivity index (χ1n) is 13.0. The van der Waals surface area contributed by atoms with Gasteiger partial charge in [0.05, 0.1) is 23.3 Å². The second-order valence-electron chi connectivity index (χ2n) is 9.30. The van der Waals surface area contributed by atoms with E-state index in [0.717, 1.165) is 41.8 Å². The molecule has 0 saturated carbocycles. The Labute approximate surface area is 222 Å². The minimum absolute atomic E-state index is 0.544. The Morgan fingerprint density at radius 2 is 1.05 bits per heavy atom. The first kappa shape index (κ1) is 27.3. The van der Waals surface area contributed by atoms with E-state index in [9.17, 15) is 10.5 Å². The largest absolute Gasteiger partial charge is 0.375 e. The normalized spacial score (nSPS) is 11.0. The Hall–Kier alpha value is -4.28. The molecule has 0 radical (unpaired) electrons. The van der Waals surface area contributed by atoms with Gasteiger partial charge in [-0.3, -0.25) is 0 Å². The van der Waals surface area contributed by atoms with E-state index in [1.807, 2.05) is 24.3 Å². The smallest absolute Gasteiger partial charge is 0.0998 e. The molecule has 0 bridgehead atoms. The summed E-state index contributed by atoms with van der Waals surface area (Å²) in [7, 11) is 4.20. The fourth-order valence-electron chi connectivity index (χ4n) is 4.14. The first-order valence-corrected chi connectivity index (χ1v) is 13.0. The molecule has 3 aromatic carbocycles. The molecular formula is C33H36N4. The van der Waals surface area contributed by atoms with Gasteiger partial charge in [0.15, 0.2) is 0 Å². The summed E-state index contributed by atoms with van der Waals surface area (Å²) in [5.41, 5.74) is 7.03. The van der Waals surface area contributed by atoms with Gasteiger partial charge in [-0.25, -0.2) is 0 Å². The van der Waals surface area contributed by atoms with Crippen LogP contribution in [0.3, 0.4) is 0 Å². The Kier molecular flexibility index (Phi) is 10.1. The molecule has 0 aliphatic heterocycles. The highest BCUT2D eigenvalue weighted by molar-refractivity contribution is 5.79. The Bertz CT molecular complexity index is 1300. The van der Waals surface area contributed by atoms with Crippen molar-refractivity contribution >= 4 is 35.7 Å². The number of rotatable bonds is 11. The van der Waals surface area contributed by atoms with E-state index in [-0.39, 0.29) is 0 Å². The van der Waals surface area contributed by atoms with Gasteiger partial charge in [0.25, 0.3) is 0 Å². The molecule has 0 fully saturated rings. The number of benzene rings is 3. The van der Waals surface area contributed by atoms with Crippen molar-refractivity contribution in [2.24, 2.45) is 0 Å². The fraction of sp³-hybridized carbons (Fsp3) is 0.273. The van der Waals surface area contributed by atoms with Crippen LogP contribution in [-0.4, -0.2) is 27.2 Å². The van der Waals surface area contributed by atoms with E-state index in [4.69, 9.17) is 0 Å². The van der Waals surface area contributed by atoms with E-state index in [0.29, 0.717) is 11.1 Å². The van der Waals surface area contributed by atoms with Gasteiger partial charge in [0.1, 0.15) is 0 Å². The van der Waals surface area contributed by atoms with Gasteiger partial charge < -0.3 is 9.80 Å². The molecule has 0 atom stereocenters. The van der Waals surface area contributed by atoms with Crippen LogP contribution >= 0.6 is 0 Å². The van der Waals surface area contributed by atoms with Crippen LogP contribution in [0.25, 0.3) is 24.3 Å². The van der Waals surface area contributed by atoms with Crippen molar-refractivity contribution in [3.05, 3.63) is 94.0 Å². The van der Waals surface area contributed by atoms with Crippen molar-refractivity contribution in [3.63, 3.8) is 0 Å². The molecule has 3 aromatic rings. The molecule has 3 rings (SSSR count). The van der Waals surface area contributed by atoms with Gasteiger partial charge in [0, 0.05) is 38.6 Å². The van der Waals surface area contributed by atoms with Crippen LogP contribution in [0.15, 0.2) is 60.7 Å². The summed E-state index contributed by atoms with van der Waals surface area (Å²) in [6.45, 7) is 6.42. The molecule has 4 heteroatoms. The molecule has 0 unspecified atom stereocenters. The average molecular weight is 489 g/mol. The highest BCUT2D eigenvalue weighted by Gasteiger charge is 2.07. The van der Waals surface area contributed by atoms with Crippen LogP contribution in [0, 0.1) is 22.7 Å². The van der Waals surface area contributed by atoms with Gasteiger partial charge in [-0.05, 0) is 71.5 Å². The van der Waals surface area contributed by atoms with Crippen molar-refractivity contribution in [2.45, 2.75) is 33.1 Å². The van der Waals surface area contributed by atoms with E-state index in [1.165, 1.54) is 24.2 Å². The summed E-state index contributed by atoms with van der Waals surface area (Å²) in [5.74, 6) is 0. The van der Waals surface area contributed by atoms with Gasteiger partial charge >= 0.3 is 0 Å². The topological polar surface area (TPSA) is 54.1 Å². The Balaban J connectivity index is 1.78. The molecule has 0 aliphatic rings. The maximum atomic E-state index is 9.78. The molecule has 4 nitrogen and oxygen atoms in total. The highest BCUT2D eigenvalue weighted by Crippen LogP contribution is 2.23. The van der Waals surface area contributed by atoms with Crippen molar-refractivity contribution < 1.29 is 0 Å². The predicted octanol–water partition coefficient (Wildman–Crippen LogP) is 7.85. The van der Waals surface area contributed by atoms with E-state index in [2.05, 4.69) is 98.4 Å². The highest BCUT2D eigenvalue weighted by atomic mass is 15.1. The molecular weight excluding hydrogens is 452 g/mol. The zero-order valence-corrected chi connectivity index (χ0v) is 22.4. The second-order valence-corrected chi connectivity index (χ2v) is 9.30. The van der Waals surface area contributed by atoms with E-state index < -0.39 is 0 Å². The lowest BCUT2D eigenvalue weighted by Crippen LogP contribution is -2.17. The summed E-state index contributed by atoms with van der Waals surface area (Å²) < 4.78 is 0. The van der Waals surface area contributed by atoms with Crippen molar-refractivity contribution in [1.29, 1.82) is 10.5 Å². The van der Waals surface area contributed by atoms with Gasteiger partial charge in [-0.2, -0.15) is 10.5 Å². The van der Waals surface area contributed by atoms with Crippen molar-refractivity contribution in [2.75, 3.05) is 37.0 Å². The molecule has 0 aromatic heterocycles. The van der Waals surface area contributed by atoms with Crippen molar-refractivity contribution in [3.8, 4) is 12.1 Å². The summed E-state index contributed by atoms with van der Waals surface area (Å²) in [4.78, 5) is 4.49. The zero-order chi connectivity index (χ0) is 26.6. The van der Waals surface area contributed by atoms with Gasteiger partial charge in [-0.1, -0.05) is 68.8 Å². The minimum Gasteiger partial charge on any atom is -0.375 e. The summed E-state index contributed by atoms with van der Waals surface area (Å²) in [6.07, 6.45) is 11.2. The third-order valence-corrected chi connectivity index (χ3v) is 6.45. The maximum Gasteiger partial charge on any atom is 0.0998 e. The second kappa shape index (κ2) is 13.7. The summed E-state index contributed by atoms with van der Waals surface area (Å²) >= 11 is 0. The van der Waals surface area contributed by atoms with Gasteiger partial charge in [-0.15, -0.1) is 0 Å². The molecule has 0 aliphatic carbocycles. The fourth-order valence-corrected chi connectivity index (χ4v) is 4.14. The van der Waals surface area contributed by atoms with Crippen LogP contribution in [0.1, 0.15) is 66.5 Å². The zero-order valence-electron chi connectivity index (χ0n) is 22.4. The lowest BCUT2D eigenvalue weighted by Gasteiger charge is -2.18. The number of unbranched alkanes of at least 4 members (excludes halogenated alkanes) is 1. The molecule has 188 valence electrons. The van der Waals surface area contributed by atoms with Crippen LogP contribution < -0.4 is 9.80 Å². The molecule has 37 heavy (non-hydrogen) atoms. The Morgan fingerprint density at radius 3 is 1.43 bits per heavy atom. The van der Waals surface area contributed by atoms with E-state index >= 15 is 0 Å². The van der Waals surface area contributed by atoms with E-state index in [1.54, 1.807) is 12.1 Å². The average Bonchev–Trinajstić information content (AvgIpc) is 2.94. The first-order chi connectivity index (χ1) is 18.0. The monoisotopic (exact) mass is 488 g/mol. The van der Waals surface area contributed by atoms with Crippen LogP contribution in [0.2, 0.25) is 0 Å². The molecule has 0 N–H and O–H groups in total. The predicted molar refractivity (Wildman–Crippen MR) is 158 cm³/mol. The van der Waals surface area contributed by atoms with Crippen LogP contribution in [0.4, 0.5) is 11.4 Å². The summed E-state index contributed by atoms with van der Waals surface area (Å²) in [5, 5.41) is 19.6. The molecule has 0 heterocycles. The molecule has 0 spiro atoms. The number of anilines is 2. The minimum atomic E-state index is 0.544. The Morgan fingerprint density at radius 1 is 0.622 bits per heavy atom. The van der Waals surface area contributed by atoms with Crippen LogP contribution in [-0.2, 0) is 0 Å². The lowest BCUT2D eigenvalue weighted by atomic mass is 9.97. The van der Waals surface area contributed by atoms with Gasteiger partial charge in [0.2, 0.25) is 0 Å². The standard InChI is InChI=1S/C33H36N4/c1-5-7-21-37(4)33-18-12-27(13-19-33)9-15-29-23-30(24-34)28(22-31(29)25-35)14-8-26-10-16-32(17-11-26)36(3)20-6-2/h8-19,22-23H,5-7,20-21H2,1-4H3/b14-8+,15-9+. The number of hydrogen-bond donors (Lipinski definition) is 0. The molecule has 0 amide bonds. The molecule has 0 saturated heterocycles.